The summed E-state index contributed by atoms with van der Waals surface area (Å²) in [4.78, 5) is 20.4. The fraction of sp³-hybridized carbons (Fsp3) is 0.217. The zero-order valence-electron chi connectivity index (χ0n) is 16.3. The zero-order chi connectivity index (χ0) is 20.0. The van der Waals surface area contributed by atoms with Crippen LogP contribution in [0.15, 0.2) is 47.8 Å². The molecule has 2 aliphatic heterocycles. The summed E-state index contributed by atoms with van der Waals surface area (Å²) >= 11 is 1.60. The SMILES string of the molecule is Cc1ccsc1/C=C1\Oc2c(cc3c(c2C)OCN(Cc2cccnc2)C3)C1=O. The Hall–Kier alpha value is -2.96. The first kappa shape index (κ1) is 18.1. The number of pyridine rings is 1. The third-order valence-electron chi connectivity index (χ3n) is 5.29. The predicted octanol–water partition coefficient (Wildman–Crippen LogP) is 4.73. The van der Waals surface area contributed by atoms with Gasteiger partial charge in [0.05, 0.1) is 5.56 Å². The summed E-state index contributed by atoms with van der Waals surface area (Å²) in [6.07, 6.45) is 5.48. The van der Waals surface area contributed by atoms with Crippen LogP contribution in [0.1, 0.15) is 37.5 Å². The molecule has 0 aliphatic carbocycles. The van der Waals surface area contributed by atoms with E-state index in [0.29, 0.717) is 30.3 Å². The number of ketones is 1. The Bertz CT molecular complexity index is 1130. The Balaban J connectivity index is 1.44. The number of benzene rings is 1. The Morgan fingerprint density at radius 1 is 1.28 bits per heavy atom. The third-order valence-corrected chi connectivity index (χ3v) is 6.26. The fourth-order valence-electron chi connectivity index (χ4n) is 3.80. The van der Waals surface area contributed by atoms with Crippen molar-refractivity contribution in [2.45, 2.75) is 26.9 Å². The molecule has 2 aliphatic rings. The van der Waals surface area contributed by atoms with Gasteiger partial charge in [-0.1, -0.05) is 6.07 Å². The molecule has 6 heteroatoms. The molecule has 0 fully saturated rings. The minimum Gasteiger partial charge on any atom is -0.477 e. The first-order valence-corrected chi connectivity index (χ1v) is 10.4. The summed E-state index contributed by atoms with van der Waals surface area (Å²) in [5.41, 5.74) is 4.79. The number of carbonyl (C=O) groups is 1. The van der Waals surface area contributed by atoms with Crippen molar-refractivity contribution in [1.29, 1.82) is 0 Å². The Morgan fingerprint density at radius 2 is 2.17 bits per heavy atom. The topological polar surface area (TPSA) is 51.7 Å². The minimum absolute atomic E-state index is 0.0666. The van der Waals surface area contributed by atoms with Gasteiger partial charge in [0.25, 0.3) is 0 Å². The van der Waals surface area contributed by atoms with Crippen molar-refractivity contribution in [2.24, 2.45) is 0 Å². The average Bonchev–Trinajstić information content (AvgIpc) is 3.27. The summed E-state index contributed by atoms with van der Waals surface area (Å²) in [7, 11) is 0. The second-order valence-corrected chi connectivity index (χ2v) is 8.34. The lowest BCUT2D eigenvalue weighted by atomic mass is 10.00. The predicted molar refractivity (Wildman–Crippen MR) is 112 cm³/mol. The van der Waals surface area contributed by atoms with E-state index in [2.05, 4.69) is 16.0 Å². The minimum atomic E-state index is -0.0666. The molecule has 29 heavy (non-hydrogen) atoms. The number of ether oxygens (including phenoxy) is 2. The molecule has 0 spiro atoms. The molecule has 0 saturated carbocycles. The van der Waals surface area contributed by atoms with Gasteiger partial charge >= 0.3 is 0 Å². The molecule has 0 amide bonds. The van der Waals surface area contributed by atoms with Crippen molar-refractivity contribution in [1.82, 2.24) is 9.88 Å². The first-order chi connectivity index (χ1) is 14.1. The summed E-state index contributed by atoms with van der Waals surface area (Å²) < 4.78 is 12.0. The van der Waals surface area contributed by atoms with Gasteiger partial charge in [-0.15, -0.1) is 11.3 Å². The van der Waals surface area contributed by atoms with Crippen LogP contribution in [0.3, 0.4) is 0 Å². The number of allylic oxidation sites excluding steroid dienone is 1. The molecule has 146 valence electrons. The monoisotopic (exact) mass is 404 g/mol. The lowest BCUT2D eigenvalue weighted by Gasteiger charge is -2.30. The van der Waals surface area contributed by atoms with Crippen LogP contribution in [0.25, 0.3) is 6.08 Å². The van der Waals surface area contributed by atoms with Crippen LogP contribution < -0.4 is 9.47 Å². The van der Waals surface area contributed by atoms with Crippen LogP contribution in [0, 0.1) is 13.8 Å². The lowest BCUT2D eigenvalue weighted by Crippen LogP contribution is -2.32. The average molecular weight is 404 g/mol. The number of Topliss-reactive ketones (excluding diaryl/α,β-unsaturated/α-hetero) is 1. The van der Waals surface area contributed by atoms with Gasteiger partial charge in [0.1, 0.15) is 18.2 Å². The van der Waals surface area contributed by atoms with Gasteiger partial charge in [-0.2, -0.15) is 0 Å². The molecule has 0 unspecified atom stereocenters. The maximum Gasteiger partial charge on any atom is 0.232 e. The van der Waals surface area contributed by atoms with Gasteiger partial charge in [0.15, 0.2) is 5.76 Å². The van der Waals surface area contributed by atoms with Crippen LogP contribution >= 0.6 is 11.3 Å². The van der Waals surface area contributed by atoms with E-state index in [4.69, 9.17) is 9.47 Å². The molecule has 1 aromatic carbocycles. The summed E-state index contributed by atoms with van der Waals surface area (Å²) in [6.45, 7) is 5.95. The van der Waals surface area contributed by atoms with Crippen LogP contribution in [-0.4, -0.2) is 22.4 Å². The van der Waals surface area contributed by atoms with Crippen LogP contribution in [0.4, 0.5) is 0 Å². The number of hydrogen-bond acceptors (Lipinski definition) is 6. The normalized spacial score (nSPS) is 17.0. The van der Waals surface area contributed by atoms with E-state index >= 15 is 0 Å². The van der Waals surface area contributed by atoms with Gasteiger partial charge in [0.2, 0.25) is 5.78 Å². The van der Waals surface area contributed by atoms with Crippen molar-refractivity contribution in [3.63, 3.8) is 0 Å². The van der Waals surface area contributed by atoms with E-state index in [-0.39, 0.29) is 5.78 Å². The molecule has 0 atom stereocenters. The van der Waals surface area contributed by atoms with Crippen molar-refractivity contribution in [2.75, 3.05) is 6.73 Å². The molecule has 4 heterocycles. The van der Waals surface area contributed by atoms with Gasteiger partial charge in [-0.25, -0.2) is 0 Å². The highest BCUT2D eigenvalue weighted by Gasteiger charge is 2.33. The second-order valence-electron chi connectivity index (χ2n) is 7.40. The maximum absolute atomic E-state index is 13.0. The standard InChI is InChI=1S/C23H20N2O3S/c1-14-5-7-29-20(14)9-19-21(26)18-8-17-12-25(11-16-4-3-6-24-10-16)13-27-22(17)15(2)23(18)28-19/h3-10H,11-13H2,1-2H3/b19-9-. The summed E-state index contributed by atoms with van der Waals surface area (Å²) in [5.74, 6) is 1.76. The highest BCUT2D eigenvalue weighted by atomic mass is 32.1. The molecule has 3 aromatic rings. The Morgan fingerprint density at radius 3 is 2.93 bits per heavy atom. The van der Waals surface area contributed by atoms with Gasteiger partial charge < -0.3 is 9.47 Å². The molecule has 0 radical (unpaired) electrons. The number of thiophene rings is 1. The molecule has 5 rings (SSSR count). The smallest absolute Gasteiger partial charge is 0.232 e. The van der Waals surface area contributed by atoms with Crippen molar-refractivity contribution in [3.05, 3.63) is 80.5 Å². The van der Waals surface area contributed by atoms with Crippen molar-refractivity contribution < 1.29 is 14.3 Å². The molecule has 0 saturated heterocycles. The summed E-state index contributed by atoms with van der Waals surface area (Å²) in [5, 5.41) is 2.02. The van der Waals surface area contributed by atoms with Crippen molar-refractivity contribution in [3.8, 4) is 11.5 Å². The van der Waals surface area contributed by atoms with Crippen molar-refractivity contribution >= 4 is 23.2 Å². The number of nitrogens with zero attached hydrogens (tertiary/aromatic N) is 2. The fourth-order valence-corrected chi connectivity index (χ4v) is 4.65. The largest absolute Gasteiger partial charge is 0.477 e. The van der Waals surface area contributed by atoms with Gasteiger partial charge in [0, 0.05) is 47.6 Å². The van der Waals surface area contributed by atoms with E-state index in [1.165, 1.54) is 0 Å². The molecular formula is C23H20N2O3S. The number of fused-ring (bicyclic) bond motifs is 2. The highest BCUT2D eigenvalue weighted by molar-refractivity contribution is 7.11. The number of rotatable bonds is 3. The second kappa shape index (κ2) is 7.13. The number of carbonyl (C=O) groups excluding carboxylic acids is 1. The van der Waals surface area contributed by atoms with E-state index in [9.17, 15) is 4.79 Å². The van der Waals surface area contributed by atoms with Gasteiger partial charge in [-0.05, 0) is 48.6 Å². The highest BCUT2D eigenvalue weighted by Crippen LogP contribution is 2.43. The quantitative estimate of drug-likeness (QED) is 0.591. The molecule has 5 nitrogen and oxygen atoms in total. The lowest BCUT2D eigenvalue weighted by molar-refractivity contribution is 0.0876. The Labute approximate surface area is 173 Å². The molecule has 2 aromatic heterocycles. The molecule has 0 bridgehead atoms. The van der Waals surface area contributed by atoms with Crippen LogP contribution in [-0.2, 0) is 13.1 Å². The van der Waals surface area contributed by atoms with Crippen LogP contribution in [0.5, 0.6) is 11.5 Å². The number of aromatic nitrogens is 1. The van der Waals surface area contributed by atoms with E-state index in [0.717, 1.165) is 39.4 Å². The zero-order valence-corrected chi connectivity index (χ0v) is 17.1. The molecular weight excluding hydrogens is 384 g/mol. The maximum atomic E-state index is 13.0. The van der Waals surface area contributed by atoms with E-state index in [1.54, 1.807) is 17.5 Å². The van der Waals surface area contributed by atoms with E-state index < -0.39 is 0 Å². The van der Waals surface area contributed by atoms with Gasteiger partial charge in [-0.3, -0.25) is 14.7 Å². The van der Waals surface area contributed by atoms with E-state index in [1.807, 2.05) is 49.7 Å². The first-order valence-electron chi connectivity index (χ1n) is 9.49. The Kier molecular flexibility index (Phi) is 4.45. The third kappa shape index (κ3) is 3.24. The van der Waals surface area contributed by atoms with Crippen LogP contribution in [0.2, 0.25) is 0 Å². The summed E-state index contributed by atoms with van der Waals surface area (Å²) in [6, 6.07) is 7.96. The molecule has 0 N–H and O–H groups in total. The number of hydrogen-bond donors (Lipinski definition) is 0. The number of aryl methyl sites for hydroxylation is 1.